The van der Waals surface area contributed by atoms with Crippen molar-refractivity contribution in [3.63, 3.8) is 0 Å². The lowest BCUT2D eigenvalue weighted by Gasteiger charge is -2.38. The second-order valence-corrected chi connectivity index (χ2v) is 8.18. The summed E-state index contributed by atoms with van der Waals surface area (Å²) in [5.41, 5.74) is 1.70. The number of carbonyl (C=O) groups excluding carboxylic acids is 3. The van der Waals surface area contributed by atoms with Crippen molar-refractivity contribution in [3.8, 4) is 0 Å². The predicted molar refractivity (Wildman–Crippen MR) is 112 cm³/mol. The van der Waals surface area contributed by atoms with Crippen LogP contribution >= 0.6 is 0 Å². The molecule has 0 radical (unpaired) electrons. The zero-order chi connectivity index (χ0) is 22.9. The molecule has 0 saturated carbocycles. The quantitative estimate of drug-likeness (QED) is 0.567. The lowest BCUT2D eigenvalue weighted by atomic mass is 9.69. The van der Waals surface area contributed by atoms with Gasteiger partial charge in [-0.3, -0.25) is 9.59 Å². The van der Waals surface area contributed by atoms with Crippen molar-refractivity contribution >= 4 is 17.7 Å². The molecule has 166 valence electrons. The molecule has 7 heteroatoms. The molecule has 0 aromatic heterocycles. The topological polar surface area (TPSA) is 81.7 Å². The van der Waals surface area contributed by atoms with E-state index in [9.17, 15) is 18.8 Å². The van der Waals surface area contributed by atoms with Crippen LogP contribution in [0.25, 0.3) is 0 Å². The molecule has 1 aliphatic heterocycles. The predicted octanol–water partition coefficient (Wildman–Crippen LogP) is 3.78. The van der Waals surface area contributed by atoms with Crippen molar-refractivity contribution in [3.05, 3.63) is 58.2 Å². The van der Waals surface area contributed by atoms with Gasteiger partial charge in [-0.15, -0.1) is 0 Å². The van der Waals surface area contributed by atoms with Crippen LogP contribution in [0.5, 0.6) is 0 Å². The summed E-state index contributed by atoms with van der Waals surface area (Å²) < 4.78 is 25.3. The van der Waals surface area contributed by atoms with Crippen LogP contribution in [0.2, 0.25) is 0 Å². The molecule has 1 N–H and O–H groups in total. The minimum Gasteiger partial charge on any atom is -0.468 e. The Balaban J connectivity index is 2.18. The van der Waals surface area contributed by atoms with Crippen LogP contribution in [0.1, 0.15) is 52.0 Å². The number of nitrogens with one attached hydrogen (secondary N) is 1. The zero-order valence-corrected chi connectivity index (χ0v) is 18.5. The Kier molecular flexibility index (Phi) is 6.62. The number of dihydropyridines is 1. The molecule has 31 heavy (non-hydrogen) atoms. The van der Waals surface area contributed by atoms with E-state index in [0.29, 0.717) is 24.2 Å². The van der Waals surface area contributed by atoms with Gasteiger partial charge in [0.05, 0.1) is 24.7 Å². The maximum atomic E-state index is 14.9. The summed E-state index contributed by atoms with van der Waals surface area (Å²) in [5.74, 6) is -4.52. The Hall–Kier alpha value is -2.96. The van der Waals surface area contributed by atoms with E-state index >= 15 is 0 Å². The summed E-state index contributed by atoms with van der Waals surface area (Å²) in [6, 6.07) is 6.04. The van der Waals surface area contributed by atoms with Gasteiger partial charge in [0.25, 0.3) is 0 Å². The van der Waals surface area contributed by atoms with Gasteiger partial charge in [-0.05, 0) is 38.7 Å². The summed E-state index contributed by atoms with van der Waals surface area (Å²) in [6.07, 6.45) is 0.677. The van der Waals surface area contributed by atoms with Gasteiger partial charge in [0, 0.05) is 22.5 Å². The van der Waals surface area contributed by atoms with E-state index in [1.807, 2.05) is 6.92 Å². The largest absolute Gasteiger partial charge is 0.468 e. The Morgan fingerprint density at radius 3 is 2.58 bits per heavy atom. The van der Waals surface area contributed by atoms with E-state index in [-0.39, 0.29) is 28.7 Å². The molecule has 6 nitrogen and oxygen atoms in total. The maximum Gasteiger partial charge on any atom is 0.337 e. The minimum absolute atomic E-state index is 0.177. The van der Waals surface area contributed by atoms with Crippen LogP contribution in [0.4, 0.5) is 4.39 Å². The molecular weight excluding hydrogens is 401 g/mol. The van der Waals surface area contributed by atoms with Gasteiger partial charge < -0.3 is 14.8 Å². The number of hydrogen-bond donors (Lipinski definition) is 1. The summed E-state index contributed by atoms with van der Waals surface area (Å²) in [5, 5.41) is 3.16. The first kappa shape index (κ1) is 22.7. The molecule has 0 spiro atoms. The van der Waals surface area contributed by atoms with Gasteiger partial charge in [0.2, 0.25) is 0 Å². The normalized spacial score (nSPS) is 24.3. The zero-order valence-electron chi connectivity index (χ0n) is 18.5. The standard InChI is InChI=1S/C24H28FNO5/c1-6-13(3)31-24(29)19-14(4)26-17-11-12(2)18(23(28)30-5)22(27)21(17)20(19)15-9-7-8-10-16(15)25/h7-10,12-13,18,20,26H,6,11H2,1-5H3/t12-,13-,18-,20-/m1/s1. The fourth-order valence-electron chi connectivity index (χ4n) is 4.30. The molecule has 0 saturated heterocycles. The monoisotopic (exact) mass is 429 g/mol. The van der Waals surface area contributed by atoms with E-state index in [2.05, 4.69) is 5.32 Å². The summed E-state index contributed by atoms with van der Waals surface area (Å²) >= 11 is 0. The van der Waals surface area contributed by atoms with Crippen LogP contribution in [-0.4, -0.2) is 30.9 Å². The van der Waals surface area contributed by atoms with Crippen LogP contribution in [0, 0.1) is 17.7 Å². The van der Waals surface area contributed by atoms with Crippen molar-refractivity contribution in [2.45, 2.75) is 52.6 Å². The number of benzene rings is 1. The van der Waals surface area contributed by atoms with Gasteiger partial charge in [-0.2, -0.15) is 0 Å². The number of hydrogen-bond acceptors (Lipinski definition) is 6. The van der Waals surface area contributed by atoms with Crippen molar-refractivity contribution in [2.24, 2.45) is 11.8 Å². The van der Waals surface area contributed by atoms with Gasteiger partial charge in [-0.25, -0.2) is 9.18 Å². The molecule has 0 unspecified atom stereocenters. The first-order valence-corrected chi connectivity index (χ1v) is 10.5. The number of ether oxygens (including phenoxy) is 2. The summed E-state index contributed by atoms with van der Waals surface area (Å²) in [6.45, 7) is 7.18. The number of carbonyl (C=O) groups is 3. The highest BCUT2D eigenvalue weighted by Gasteiger charge is 2.47. The number of methoxy groups -OCH3 is 1. The molecular formula is C24H28FNO5. The molecule has 4 atom stereocenters. The summed E-state index contributed by atoms with van der Waals surface area (Å²) in [7, 11) is 1.23. The number of ketones is 1. The van der Waals surface area contributed by atoms with E-state index in [1.165, 1.54) is 13.2 Å². The number of Topliss-reactive ketones (excluding diaryl/α,β-unsaturated/α-hetero) is 1. The Morgan fingerprint density at radius 2 is 1.97 bits per heavy atom. The first-order valence-electron chi connectivity index (χ1n) is 10.5. The molecule has 0 fully saturated rings. The highest BCUT2D eigenvalue weighted by molar-refractivity contribution is 6.12. The smallest absolute Gasteiger partial charge is 0.337 e. The van der Waals surface area contributed by atoms with Crippen LogP contribution in [0.15, 0.2) is 46.8 Å². The fraction of sp³-hybridized carbons (Fsp3) is 0.458. The number of esters is 2. The molecule has 1 aromatic rings. The van der Waals surface area contributed by atoms with E-state index in [1.54, 1.807) is 39.0 Å². The molecule has 0 amide bonds. The van der Waals surface area contributed by atoms with Crippen molar-refractivity contribution in [2.75, 3.05) is 7.11 Å². The van der Waals surface area contributed by atoms with Crippen molar-refractivity contribution < 1.29 is 28.2 Å². The highest BCUT2D eigenvalue weighted by atomic mass is 19.1. The molecule has 0 bridgehead atoms. The third kappa shape index (κ3) is 4.13. The lowest BCUT2D eigenvalue weighted by molar-refractivity contribution is -0.151. The number of halogens is 1. The van der Waals surface area contributed by atoms with Gasteiger partial charge in [0.1, 0.15) is 11.7 Å². The van der Waals surface area contributed by atoms with Crippen LogP contribution < -0.4 is 5.32 Å². The van der Waals surface area contributed by atoms with Crippen LogP contribution in [0.3, 0.4) is 0 Å². The Morgan fingerprint density at radius 1 is 1.29 bits per heavy atom. The molecule has 1 aliphatic carbocycles. The Labute approximate surface area is 181 Å². The second-order valence-electron chi connectivity index (χ2n) is 8.18. The Bertz CT molecular complexity index is 980. The lowest BCUT2D eigenvalue weighted by Crippen LogP contribution is -2.43. The molecule has 2 aliphatic rings. The minimum atomic E-state index is -1.01. The van der Waals surface area contributed by atoms with Gasteiger partial charge in [-0.1, -0.05) is 32.0 Å². The van der Waals surface area contributed by atoms with Crippen molar-refractivity contribution in [1.29, 1.82) is 0 Å². The third-order valence-electron chi connectivity index (χ3n) is 6.06. The average Bonchev–Trinajstić information content (AvgIpc) is 2.72. The van der Waals surface area contributed by atoms with Crippen molar-refractivity contribution in [1.82, 2.24) is 5.32 Å². The number of rotatable bonds is 5. The molecule has 3 rings (SSSR count). The van der Waals surface area contributed by atoms with E-state index in [4.69, 9.17) is 9.47 Å². The highest BCUT2D eigenvalue weighted by Crippen LogP contribution is 2.46. The van der Waals surface area contributed by atoms with Gasteiger partial charge >= 0.3 is 11.9 Å². The number of allylic oxidation sites excluding steroid dienone is 3. The van der Waals surface area contributed by atoms with Crippen LogP contribution in [-0.2, 0) is 23.9 Å². The second kappa shape index (κ2) is 9.04. The fourth-order valence-corrected chi connectivity index (χ4v) is 4.30. The average molecular weight is 429 g/mol. The molecule has 1 aromatic carbocycles. The third-order valence-corrected chi connectivity index (χ3v) is 6.06. The maximum absolute atomic E-state index is 14.9. The SMILES string of the molecule is CC[C@@H](C)OC(=O)C1=C(C)NC2=C(C(=O)[C@H](C(=O)OC)[C@H](C)C2)[C@@H]1c1ccccc1F. The van der Waals surface area contributed by atoms with E-state index < -0.39 is 35.4 Å². The summed E-state index contributed by atoms with van der Waals surface area (Å²) in [4.78, 5) is 39.0. The molecule has 1 heterocycles. The van der Waals surface area contributed by atoms with Gasteiger partial charge in [0.15, 0.2) is 5.78 Å². The first-order chi connectivity index (χ1) is 14.7. The van der Waals surface area contributed by atoms with E-state index in [0.717, 1.165) is 0 Å².